The van der Waals surface area contributed by atoms with Crippen LogP contribution in [0.5, 0.6) is 11.5 Å². The van der Waals surface area contributed by atoms with Gasteiger partial charge in [-0.25, -0.2) is 0 Å². The molecule has 0 saturated carbocycles. The Bertz CT molecular complexity index is 396. The van der Waals surface area contributed by atoms with Crippen LogP contribution in [0.25, 0.3) is 0 Å². The highest BCUT2D eigenvalue weighted by molar-refractivity contribution is 7.98. The number of benzene rings is 1. The van der Waals surface area contributed by atoms with Gasteiger partial charge in [0.25, 0.3) is 0 Å². The Morgan fingerprint density at radius 3 is 2.61 bits per heavy atom. The second-order valence-corrected chi connectivity index (χ2v) is 5.64. The summed E-state index contributed by atoms with van der Waals surface area (Å²) >= 11 is 1.59. The minimum absolute atomic E-state index is 0.0397. The molecule has 0 spiro atoms. The monoisotopic (exact) mass is 271 g/mol. The fraction of sp³-hybridized carbons (Fsp3) is 0.538. The second-order valence-electron chi connectivity index (χ2n) is 4.78. The third-order valence-electron chi connectivity index (χ3n) is 2.72. The van der Waals surface area contributed by atoms with Crippen LogP contribution in [0.2, 0.25) is 0 Å². The highest BCUT2D eigenvalue weighted by atomic mass is 32.2. The summed E-state index contributed by atoms with van der Waals surface area (Å²) in [4.78, 5) is 0. The average molecular weight is 271 g/mol. The van der Waals surface area contributed by atoms with E-state index in [1.54, 1.807) is 24.8 Å². The number of rotatable bonds is 6. The molecule has 0 bridgehead atoms. The van der Waals surface area contributed by atoms with Crippen molar-refractivity contribution >= 4 is 11.8 Å². The average Bonchev–Trinajstić information content (AvgIpc) is 2.26. The summed E-state index contributed by atoms with van der Waals surface area (Å²) in [6.45, 7) is 4.12. The molecule has 1 aromatic carbocycles. The zero-order chi connectivity index (χ0) is 13.8. The first-order chi connectivity index (χ1) is 8.35. The molecular formula is C13H21NO3S. The van der Waals surface area contributed by atoms with Crippen LogP contribution < -0.4 is 5.32 Å². The summed E-state index contributed by atoms with van der Waals surface area (Å²) in [7, 11) is 0. The number of phenols is 2. The predicted molar refractivity (Wildman–Crippen MR) is 75.2 cm³/mol. The Kier molecular flexibility index (Phi) is 5.31. The van der Waals surface area contributed by atoms with Crippen LogP contribution in [0.4, 0.5) is 0 Å². The van der Waals surface area contributed by atoms with Gasteiger partial charge in [0.05, 0.1) is 5.60 Å². The van der Waals surface area contributed by atoms with E-state index in [0.717, 1.165) is 0 Å². The minimum atomic E-state index is -0.778. The maximum atomic E-state index is 10.0. The first-order valence-electron chi connectivity index (χ1n) is 5.82. The Balaban J connectivity index is 2.63. The lowest BCUT2D eigenvalue weighted by Gasteiger charge is -2.25. The third kappa shape index (κ3) is 4.40. The molecule has 0 amide bonds. The Labute approximate surface area is 112 Å². The maximum Gasteiger partial charge on any atom is 0.124 e. The van der Waals surface area contributed by atoms with Gasteiger partial charge in [-0.3, -0.25) is 0 Å². The van der Waals surface area contributed by atoms with Gasteiger partial charge in [0.1, 0.15) is 11.5 Å². The van der Waals surface area contributed by atoms with E-state index >= 15 is 0 Å². The van der Waals surface area contributed by atoms with E-state index in [9.17, 15) is 15.3 Å². The number of hydrogen-bond acceptors (Lipinski definition) is 5. The fourth-order valence-corrected chi connectivity index (χ4v) is 2.47. The molecule has 2 atom stereocenters. The second kappa shape index (κ2) is 6.31. The third-order valence-corrected chi connectivity index (χ3v) is 3.64. The minimum Gasteiger partial charge on any atom is -0.508 e. The van der Waals surface area contributed by atoms with Crippen LogP contribution >= 0.6 is 11.8 Å². The van der Waals surface area contributed by atoms with Gasteiger partial charge >= 0.3 is 0 Å². The summed E-state index contributed by atoms with van der Waals surface area (Å²) < 4.78 is 0. The summed E-state index contributed by atoms with van der Waals surface area (Å²) in [6.07, 6.45) is 1.95. The molecule has 0 aromatic heterocycles. The summed E-state index contributed by atoms with van der Waals surface area (Å²) in [5.74, 6) is 0.742. The van der Waals surface area contributed by atoms with Gasteiger partial charge < -0.3 is 20.6 Å². The van der Waals surface area contributed by atoms with Crippen LogP contribution in [0.15, 0.2) is 18.2 Å². The molecule has 4 N–H and O–H groups in total. The number of phenolic OH excluding ortho intramolecular Hbond substituents is 2. The van der Waals surface area contributed by atoms with Crippen LogP contribution in [0.1, 0.15) is 25.5 Å². The first kappa shape index (κ1) is 15.1. The van der Waals surface area contributed by atoms with Gasteiger partial charge in [-0.2, -0.15) is 11.8 Å². The SMILES string of the molecule is CSCC(C)(O)CNC(C)c1ccc(O)cc1O. The number of thioether (sulfide) groups is 1. The van der Waals surface area contributed by atoms with Crippen molar-refractivity contribution < 1.29 is 15.3 Å². The lowest BCUT2D eigenvalue weighted by Crippen LogP contribution is -2.40. The van der Waals surface area contributed by atoms with Crippen molar-refractivity contribution in [3.63, 3.8) is 0 Å². The van der Waals surface area contributed by atoms with Gasteiger partial charge in [0.2, 0.25) is 0 Å². The first-order valence-corrected chi connectivity index (χ1v) is 7.21. The molecule has 0 aliphatic rings. The standard InChI is InChI=1S/C13H21NO3S/c1-9(14-7-13(2,17)8-18-3)11-5-4-10(15)6-12(11)16/h4-6,9,14-17H,7-8H2,1-3H3. The highest BCUT2D eigenvalue weighted by Gasteiger charge is 2.21. The van der Waals surface area contributed by atoms with Gasteiger partial charge in [-0.05, 0) is 26.2 Å². The van der Waals surface area contributed by atoms with Crippen LogP contribution in [-0.2, 0) is 0 Å². The molecule has 4 nitrogen and oxygen atoms in total. The molecule has 1 aromatic rings. The van der Waals surface area contributed by atoms with Crippen molar-refractivity contribution in [1.82, 2.24) is 5.32 Å². The molecule has 5 heteroatoms. The van der Waals surface area contributed by atoms with Gasteiger partial charge in [0, 0.05) is 30.0 Å². The quantitative estimate of drug-likeness (QED) is 0.635. The number of nitrogens with one attached hydrogen (secondary N) is 1. The molecule has 0 aliphatic heterocycles. The van der Waals surface area contributed by atoms with Crippen molar-refractivity contribution in [3.05, 3.63) is 23.8 Å². The zero-order valence-corrected chi connectivity index (χ0v) is 11.8. The molecule has 0 fully saturated rings. The van der Waals surface area contributed by atoms with E-state index in [1.807, 2.05) is 13.2 Å². The van der Waals surface area contributed by atoms with Crippen molar-refractivity contribution in [1.29, 1.82) is 0 Å². The Hall–Kier alpha value is -0.910. The fourth-order valence-electron chi connectivity index (χ4n) is 1.74. The van der Waals surface area contributed by atoms with E-state index in [-0.39, 0.29) is 17.5 Å². The molecule has 18 heavy (non-hydrogen) atoms. The van der Waals surface area contributed by atoms with Crippen molar-refractivity contribution in [2.75, 3.05) is 18.6 Å². The van der Waals surface area contributed by atoms with E-state index in [2.05, 4.69) is 5.32 Å². The van der Waals surface area contributed by atoms with E-state index < -0.39 is 5.60 Å². The van der Waals surface area contributed by atoms with Gasteiger partial charge in [-0.1, -0.05) is 6.07 Å². The molecule has 0 saturated heterocycles. The lowest BCUT2D eigenvalue weighted by molar-refractivity contribution is 0.0819. The van der Waals surface area contributed by atoms with Crippen LogP contribution in [-0.4, -0.2) is 39.5 Å². The maximum absolute atomic E-state index is 10.0. The van der Waals surface area contributed by atoms with Crippen molar-refractivity contribution in [3.8, 4) is 11.5 Å². The topological polar surface area (TPSA) is 72.7 Å². The number of aromatic hydroxyl groups is 2. The number of aliphatic hydroxyl groups is 1. The van der Waals surface area contributed by atoms with Gasteiger partial charge in [0.15, 0.2) is 0 Å². The van der Waals surface area contributed by atoms with Crippen LogP contribution in [0.3, 0.4) is 0 Å². The molecule has 0 radical (unpaired) electrons. The van der Waals surface area contributed by atoms with E-state index in [1.165, 1.54) is 12.1 Å². The van der Waals surface area contributed by atoms with E-state index in [4.69, 9.17) is 0 Å². The van der Waals surface area contributed by atoms with E-state index in [0.29, 0.717) is 17.9 Å². The van der Waals surface area contributed by atoms with Crippen molar-refractivity contribution in [2.45, 2.75) is 25.5 Å². The Morgan fingerprint density at radius 2 is 2.06 bits per heavy atom. The predicted octanol–water partition coefficient (Wildman–Crippen LogP) is 1.86. The van der Waals surface area contributed by atoms with Crippen molar-refractivity contribution in [2.24, 2.45) is 0 Å². The molecule has 0 aliphatic carbocycles. The largest absolute Gasteiger partial charge is 0.508 e. The normalized spacial score (nSPS) is 16.2. The molecule has 2 unspecified atom stereocenters. The molecular weight excluding hydrogens is 250 g/mol. The smallest absolute Gasteiger partial charge is 0.124 e. The molecule has 1 rings (SSSR count). The lowest BCUT2D eigenvalue weighted by atomic mass is 10.0. The summed E-state index contributed by atoms with van der Waals surface area (Å²) in [5, 5.41) is 32.2. The van der Waals surface area contributed by atoms with Gasteiger partial charge in [-0.15, -0.1) is 0 Å². The summed E-state index contributed by atoms with van der Waals surface area (Å²) in [5.41, 5.74) is -0.0759. The summed E-state index contributed by atoms with van der Waals surface area (Å²) in [6, 6.07) is 4.42. The zero-order valence-electron chi connectivity index (χ0n) is 11.0. The number of hydrogen-bond donors (Lipinski definition) is 4. The molecule has 0 heterocycles. The Morgan fingerprint density at radius 1 is 1.39 bits per heavy atom. The highest BCUT2D eigenvalue weighted by Crippen LogP contribution is 2.27. The van der Waals surface area contributed by atoms with Crippen LogP contribution in [0, 0.1) is 0 Å². The molecule has 102 valence electrons.